The van der Waals surface area contributed by atoms with Crippen LogP contribution in [0.15, 0.2) is 40.9 Å². The predicted octanol–water partition coefficient (Wildman–Crippen LogP) is 2.60. The largest absolute Gasteiger partial charge is 0.438 e. The van der Waals surface area contributed by atoms with E-state index < -0.39 is 0 Å². The Hall–Kier alpha value is -1.50. The fourth-order valence-electron chi connectivity index (χ4n) is 2.16. The molecule has 1 aromatic heterocycles. The van der Waals surface area contributed by atoms with Gasteiger partial charge in [0.2, 0.25) is 11.8 Å². The Labute approximate surface area is 139 Å². The molecule has 0 bridgehead atoms. The molecule has 22 heavy (non-hydrogen) atoms. The maximum Gasteiger partial charge on any atom is 0.238 e. The summed E-state index contributed by atoms with van der Waals surface area (Å²) in [7, 11) is 0. The van der Waals surface area contributed by atoms with Crippen LogP contribution in [-0.4, -0.2) is 28.6 Å². The third-order valence-corrected chi connectivity index (χ3v) is 4.28. The summed E-state index contributed by atoms with van der Waals surface area (Å²) in [4.78, 5) is 16.3. The van der Waals surface area contributed by atoms with Crippen molar-refractivity contribution in [2.75, 3.05) is 11.6 Å². The van der Waals surface area contributed by atoms with Crippen LogP contribution in [0.1, 0.15) is 18.9 Å². The molecule has 0 saturated carbocycles. The third-order valence-electron chi connectivity index (χ3n) is 3.34. The van der Waals surface area contributed by atoms with Crippen LogP contribution in [-0.2, 0) is 4.79 Å². The fourth-order valence-corrected chi connectivity index (χ4v) is 3.10. The van der Waals surface area contributed by atoms with E-state index in [0.717, 1.165) is 17.2 Å². The van der Waals surface area contributed by atoms with Crippen LogP contribution < -0.4 is 10.6 Å². The number of nitrogens with one attached hydrogen (secondary N) is 2. The molecule has 3 rings (SSSR count). The van der Waals surface area contributed by atoms with Gasteiger partial charge in [-0.2, -0.15) is 0 Å². The van der Waals surface area contributed by atoms with E-state index in [1.54, 1.807) is 18.0 Å². The Balaban J connectivity index is 0.00000176. The fraction of sp³-hybridized carbons (Fsp3) is 0.333. The Kier molecular flexibility index (Phi) is 5.88. The van der Waals surface area contributed by atoms with Crippen LogP contribution in [0.4, 0.5) is 0 Å². The van der Waals surface area contributed by atoms with Crippen molar-refractivity contribution in [2.45, 2.75) is 19.0 Å². The van der Waals surface area contributed by atoms with Gasteiger partial charge in [-0.15, -0.1) is 24.2 Å². The highest BCUT2D eigenvalue weighted by Crippen LogP contribution is 2.22. The van der Waals surface area contributed by atoms with Crippen LogP contribution >= 0.6 is 24.2 Å². The number of halogens is 1. The van der Waals surface area contributed by atoms with Crippen molar-refractivity contribution in [1.82, 2.24) is 15.6 Å². The first-order valence-corrected chi connectivity index (χ1v) is 8.02. The molecule has 1 saturated heterocycles. The molecule has 1 aliphatic rings. The minimum atomic E-state index is -0.248. The molecular weight excluding hydrogens is 322 g/mol. The van der Waals surface area contributed by atoms with Crippen LogP contribution in [0.25, 0.3) is 11.3 Å². The SMILES string of the molecule is CC(NC(=O)C1CSCN1)c1ncc(-c2ccccc2)o1.Cl. The number of carbonyl (C=O) groups excluding carboxylic acids is 1. The summed E-state index contributed by atoms with van der Waals surface area (Å²) in [6, 6.07) is 9.41. The Morgan fingerprint density at radius 3 is 2.91 bits per heavy atom. The summed E-state index contributed by atoms with van der Waals surface area (Å²) >= 11 is 1.72. The van der Waals surface area contributed by atoms with E-state index in [9.17, 15) is 4.79 Å². The summed E-state index contributed by atoms with van der Waals surface area (Å²) in [5, 5.41) is 6.08. The topological polar surface area (TPSA) is 67.2 Å². The van der Waals surface area contributed by atoms with Gasteiger partial charge in [-0.3, -0.25) is 10.1 Å². The lowest BCUT2D eigenvalue weighted by atomic mass is 10.2. The molecule has 0 radical (unpaired) electrons. The van der Waals surface area contributed by atoms with Gasteiger partial charge in [0.25, 0.3) is 0 Å². The lowest BCUT2D eigenvalue weighted by Crippen LogP contribution is -2.42. The van der Waals surface area contributed by atoms with Gasteiger partial charge in [-0.05, 0) is 6.92 Å². The molecule has 0 spiro atoms. The van der Waals surface area contributed by atoms with E-state index >= 15 is 0 Å². The number of rotatable bonds is 4. The molecule has 5 nitrogen and oxygen atoms in total. The highest BCUT2D eigenvalue weighted by atomic mass is 35.5. The first-order chi connectivity index (χ1) is 10.2. The summed E-state index contributed by atoms with van der Waals surface area (Å²) in [6.45, 7) is 1.88. The van der Waals surface area contributed by atoms with Gasteiger partial charge in [-0.25, -0.2) is 4.98 Å². The number of thioether (sulfide) groups is 1. The molecule has 2 N–H and O–H groups in total. The quantitative estimate of drug-likeness (QED) is 0.896. The number of aromatic nitrogens is 1. The van der Waals surface area contributed by atoms with Crippen LogP contribution in [0.3, 0.4) is 0 Å². The van der Waals surface area contributed by atoms with Gasteiger partial charge in [0.05, 0.1) is 12.2 Å². The van der Waals surface area contributed by atoms with Crippen molar-refractivity contribution in [3.8, 4) is 11.3 Å². The number of oxazole rings is 1. The van der Waals surface area contributed by atoms with E-state index in [1.165, 1.54) is 0 Å². The average Bonchev–Trinajstić information content (AvgIpc) is 3.20. The van der Waals surface area contributed by atoms with Crippen molar-refractivity contribution in [3.05, 3.63) is 42.4 Å². The zero-order chi connectivity index (χ0) is 14.7. The summed E-state index contributed by atoms with van der Waals surface area (Å²) in [5.74, 6) is 2.85. The molecule has 1 amide bonds. The minimum absolute atomic E-state index is 0. The normalized spacial score (nSPS) is 18.5. The maximum atomic E-state index is 12.0. The van der Waals surface area contributed by atoms with E-state index in [4.69, 9.17) is 4.42 Å². The number of nitrogens with zero attached hydrogens (tertiary/aromatic N) is 1. The molecule has 2 unspecified atom stereocenters. The molecule has 2 heterocycles. The van der Waals surface area contributed by atoms with Gasteiger partial charge in [-0.1, -0.05) is 30.3 Å². The second-order valence-corrected chi connectivity index (χ2v) is 5.96. The van der Waals surface area contributed by atoms with Crippen LogP contribution in [0, 0.1) is 0 Å². The molecule has 0 aliphatic carbocycles. The Bertz CT molecular complexity index is 614. The molecule has 1 fully saturated rings. The van der Waals surface area contributed by atoms with Crippen molar-refractivity contribution in [3.63, 3.8) is 0 Å². The first kappa shape index (κ1) is 16.9. The van der Waals surface area contributed by atoms with E-state index in [-0.39, 0.29) is 30.4 Å². The monoisotopic (exact) mass is 339 g/mol. The van der Waals surface area contributed by atoms with E-state index in [1.807, 2.05) is 37.3 Å². The van der Waals surface area contributed by atoms with E-state index in [2.05, 4.69) is 15.6 Å². The molecule has 1 aliphatic heterocycles. The standard InChI is InChI=1S/C15H17N3O2S.ClH/c1-10(18-14(19)12-8-21-9-17-12)15-16-7-13(20-15)11-5-3-2-4-6-11;/h2-7,10,12,17H,8-9H2,1H3,(H,18,19);1H. The second-order valence-electron chi connectivity index (χ2n) is 4.93. The number of carbonyl (C=O) groups is 1. The lowest BCUT2D eigenvalue weighted by Gasteiger charge is -2.14. The van der Waals surface area contributed by atoms with Crippen LogP contribution in [0.5, 0.6) is 0 Å². The van der Waals surface area contributed by atoms with Crippen molar-refractivity contribution in [1.29, 1.82) is 0 Å². The van der Waals surface area contributed by atoms with Crippen LogP contribution in [0.2, 0.25) is 0 Å². The Morgan fingerprint density at radius 1 is 1.45 bits per heavy atom. The average molecular weight is 340 g/mol. The van der Waals surface area contributed by atoms with Gasteiger partial charge >= 0.3 is 0 Å². The number of hydrogen-bond acceptors (Lipinski definition) is 5. The summed E-state index contributed by atoms with van der Waals surface area (Å²) in [5.41, 5.74) is 0.976. The van der Waals surface area contributed by atoms with Crippen molar-refractivity contribution < 1.29 is 9.21 Å². The smallest absolute Gasteiger partial charge is 0.238 e. The lowest BCUT2D eigenvalue weighted by molar-refractivity contribution is -0.123. The molecule has 2 atom stereocenters. The minimum Gasteiger partial charge on any atom is -0.438 e. The summed E-state index contributed by atoms with van der Waals surface area (Å²) < 4.78 is 5.74. The van der Waals surface area contributed by atoms with Gasteiger partial charge < -0.3 is 9.73 Å². The summed E-state index contributed by atoms with van der Waals surface area (Å²) in [6.07, 6.45) is 1.69. The third kappa shape index (κ3) is 3.82. The van der Waals surface area contributed by atoms with E-state index in [0.29, 0.717) is 11.7 Å². The van der Waals surface area contributed by atoms with Gasteiger partial charge in [0.1, 0.15) is 6.04 Å². The second kappa shape index (κ2) is 7.67. The zero-order valence-electron chi connectivity index (χ0n) is 12.1. The van der Waals surface area contributed by atoms with Gasteiger partial charge in [0.15, 0.2) is 5.76 Å². The Morgan fingerprint density at radius 2 is 2.23 bits per heavy atom. The molecule has 2 aromatic rings. The molecule has 118 valence electrons. The number of hydrogen-bond donors (Lipinski definition) is 2. The molecular formula is C15H18ClN3O2S. The predicted molar refractivity (Wildman–Crippen MR) is 90.0 cm³/mol. The molecule has 1 aromatic carbocycles. The maximum absolute atomic E-state index is 12.0. The highest BCUT2D eigenvalue weighted by Gasteiger charge is 2.25. The molecule has 7 heteroatoms. The number of amides is 1. The highest BCUT2D eigenvalue weighted by molar-refractivity contribution is 7.99. The van der Waals surface area contributed by atoms with Crippen molar-refractivity contribution in [2.24, 2.45) is 0 Å². The number of benzene rings is 1. The first-order valence-electron chi connectivity index (χ1n) is 6.86. The van der Waals surface area contributed by atoms with Gasteiger partial charge in [0, 0.05) is 17.2 Å². The van der Waals surface area contributed by atoms with Crippen molar-refractivity contribution >= 4 is 30.1 Å². The zero-order valence-corrected chi connectivity index (χ0v) is 13.7.